The minimum Gasteiger partial charge on any atom is -0.492 e. The molecule has 31 heavy (non-hydrogen) atoms. The number of rotatable bonds is 7. The highest BCUT2D eigenvalue weighted by atomic mass is 35.5. The summed E-state index contributed by atoms with van der Waals surface area (Å²) in [6.45, 7) is 0.752. The number of aromatic amines is 1. The van der Waals surface area contributed by atoms with Gasteiger partial charge in [-0.2, -0.15) is 0 Å². The molecule has 0 amide bonds. The minimum absolute atomic E-state index is 0.132. The van der Waals surface area contributed by atoms with Crippen LogP contribution in [0.1, 0.15) is 21.6 Å². The fraction of sp³-hybridized carbons (Fsp3) is 0.125. The number of nitrogens with two attached hydrogens (primary N) is 1. The number of hydrogen-bond acceptors (Lipinski definition) is 3. The quantitative estimate of drug-likeness (QED) is 0.323. The second kappa shape index (κ2) is 9.02. The molecule has 4 rings (SSSR count). The van der Waals surface area contributed by atoms with Gasteiger partial charge in [-0.05, 0) is 34.9 Å². The van der Waals surface area contributed by atoms with Crippen LogP contribution in [0.25, 0.3) is 22.0 Å². The van der Waals surface area contributed by atoms with Gasteiger partial charge in [0.2, 0.25) is 0 Å². The molecule has 0 unspecified atom stereocenters. The van der Waals surface area contributed by atoms with E-state index in [1.165, 1.54) is 0 Å². The number of aromatic nitrogens is 1. The number of halogens is 2. The first-order valence-corrected chi connectivity index (χ1v) is 10.5. The molecule has 0 saturated heterocycles. The normalized spacial score (nSPS) is 11.1. The third-order valence-electron chi connectivity index (χ3n) is 5.19. The zero-order chi connectivity index (χ0) is 22.0. The van der Waals surface area contributed by atoms with Crippen LogP contribution in [0, 0.1) is 0 Å². The molecular formula is C24H20Cl2N2O3. The first kappa shape index (κ1) is 21.2. The minimum atomic E-state index is -1.01. The van der Waals surface area contributed by atoms with E-state index in [4.69, 9.17) is 33.7 Å². The Balaban J connectivity index is 1.70. The standard InChI is InChI=1S/C24H20Cl2N2O3/c25-19-6-3-7-21(22(19)26)31-11-10-14-8-9-17(16-5-2-1-4-15(16)13-27)23-18(14)12-20(28-23)24(29)30/h1-9,12,28H,10-11,13,27H2,(H,29,30). The van der Waals surface area contributed by atoms with Crippen molar-refractivity contribution in [1.82, 2.24) is 4.98 Å². The van der Waals surface area contributed by atoms with Crippen molar-refractivity contribution in [2.24, 2.45) is 5.73 Å². The maximum atomic E-state index is 11.6. The van der Waals surface area contributed by atoms with Gasteiger partial charge in [-0.25, -0.2) is 4.79 Å². The third-order valence-corrected chi connectivity index (χ3v) is 5.99. The molecule has 158 valence electrons. The Morgan fingerprint density at radius 3 is 2.58 bits per heavy atom. The number of nitrogens with one attached hydrogen (secondary N) is 1. The molecule has 4 aromatic rings. The van der Waals surface area contributed by atoms with E-state index in [2.05, 4.69) is 4.98 Å². The van der Waals surface area contributed by atoms with Crippen LogP contribution < -0.4 is 10.5 Å². The second-order valence-electron chi connectivity index (χ2n) is 7.06. The maximum Gasteiger partial charge on any atom is 0.352 e. The van der Waals surface area contributed by atoms with Crippen LogP contribution in [0.15, 0.2) is 60.7 Å². The predicted octanol–water partition coefficient (Wildman–Crippen LogP) is 5.92. The molecule has 7 heteroatoms. The molecule has 0 fully saturated rings. The smallest absolute Gasteiger partial charge is 0.352 e. The van der Waals surface area contributed by atoms with Gasteiger partial charge in [0.05, 0.1) is 17.1 Å². The van der Waals surface area contributed by atoms with Gasteiger partial charge in [0, 0.05) is 23.9 Å². The Hall–Kier alpha value is -2.99. The van der Waals surface area contributed by atoms with E-state index in [0.29, 0.717) is 35.4 Å². The van der Waals surface area contributed by atoms with Gasteiger partial charge < -0.3 is 20.6 Å². The summed E-state index contributed by atoms with van der Waals surface area (Å²) in [5, 5.41) is 11.2. The summed E-state index contributed by atoms with van der Waals surface area (Å²) in [4.78, 5) is 14.7. The van der Waals surface area contributed by atoms with E-state index < -0.39 is 5.97 Å². The lowest BCUT2D eigenvalue weighted by molar-refractivity contribution is 0.0691. The van der Waals surface area contributed by atoms with Gasteiger partial charge >= 0.3 is 5.97 Å². The fourth-order valence-electron chi connectivity index (χ4n) is 3.66. The molecule has 1 heterocycles. The number of aromatic carboxylic acids is 1. The number of carboxylic acids is 1. The Bertz CT molecular complexity index is 1270. The summed E-state index contributed by atoms with van der Waals surface area (Å²) in [6.07, 6.45) is 0.565. The highest BCUT2D eigenvalue weighted by Gasteiger charge is 2.16. The molecule has 0 saturated carbocycles. The lowest BCUT2D eigenvalue weighted by Crippen LogP contribution is -2.03. The van der Waals surface area contributed by atoms with Crippen LogP contribution in [-0.2, 0) is 13.0 Å². The maximum absolute atomic E-state index is 11.6. The van der Waals surface area contributed by atoms with Crippen LogP contribution in [0.4, 0.5) is 0 Å². The van der Waals surface area contributed by atoms with Crippen LogP contribution in [0.3, 0.4) is 0 Å². The Kier molecular flexibility index (Phi) is 6.18. The Labute approximate surface area is 189 Å². The SMILES string of the molecule is NCc1ccccc1-c1ccc(CCOc2cccc(Cl)c2Cl)c2cc(C(=O)O)[nH]c12. The first-order chi connectivity index (χ1) is 15.0. The van der Waals surface area contributed by atoms with Gasteiger partial charge in [-0.15, -0.1) is 0 Å². The predicted molar refractivity (Wildman–Crippen MR) is 124 cm³/mol. The van der Waals surface area contributed by atoms with Crippen LogP contribution in [0.2, 0.25) is 10.0 Å². The van der Waals surface area contributed by atoms with Crippen molar-refractivity contribution < 1.29 is 14.6 Å². The molecule has 0 bridgehead atoms. The summed E-state index contributed by atoms with van der Waals surface area (Å²) in [7, 11) is 0. The average molecular weight is 455 g/mol. The molecule has 1 aromatic heterocycles. The molecule has 0 aliphatic rings. The molecule has 0 aliphatic heterocycles. The number of fused-ring (bicyclic) bond motifs is 1. The van der Waals surface area contributed by atoms with E-state index in [-0.39, 0.29) is 5.69 Å². The topological polar surface area (TPSA) is 88.3 Å². The van der Waals surface area contributed by atoms with E-state index in [0.717, 1.165) is 33.2 Å². The number of benzene rings is 3. The number of carbonyl (C=O) groups is 1. The molecule has 0 radical (unpaired) electrons. The fourth-order valence-corrected chi connectivity index (χ4v) is 4.01. The Morgan fingerprint density at radius 1 is 1.00 bits per heavy atom. The second-order valence-corrected chi connectivity index (χ2v) is 7.85. The van der Waals surface area contributed by atoms with Crippen molar-refractivity contribution in [2.75, 3.05) is 6.61 Å². The highest BCUT2D eigenvalue weighted by molar-refractivity contribution is 6.42. The first-order valence-electron chi connectivity index (χ1n) is 9.72. The zero-order valence-corrected chi connectivity index (χ0v) is 18.0. The summed E-state index contributed by atoms with van der Waals surface area (Å²) in [5.41, 5.74) is 10.6. The lowest BCUT2D eigenvalue weighted by atomic mass is 9.95. The Morgan fingerprint density at radius 2 is 1.81 bits per heavy atom. The van der Waals surface area contributed by atoms with Crippen molar-refractivity contribution in [3.63, 3.8) is 0 Å². The van der Waals surface area contributed by atoms with E-state index >= 15 is 0 Å². The van der Waals surface area contributed by atoms with E-state index in [1.54, 1.807) is 24.3 Å². The van der Waals surface area contributed by atoms with Crippen molar-refractivity contribution in [3.05, 3.63) is 87.5 Å². The van der Waals surface area contributed by atoms with Crippen LogP contribution in [0.5, 0.6) is 5.75 Å². The van der Waals surface area contributed by atoms with Crippen molar-refractivity contribution in [2.45, 2.75) is 13.0 Å². The van der Waals surface area contributed by atoms with Gasteiger partial charge in [-0.3, -0.25) is 0 Å². The monoisotopic (exact) mass is 454 g/mol. The average Bonchev–Trinajstić information content (AvgIpc) is 3.23. The van der Waals surface area contributed by atoms with Crippen LogP contribution in [-0.4, -0.2) is 22.7 Å². The van der Waals surface area contributed by atoms with Gasteiger partial charge in [-0.1, -0.05) is 65.7 Å². The highest BCUT2D eigenvalue weighted by Crippen LogP contribution is 2.34. The summed E-state index contributed by atoms with van der Waals surface area (Å²) in [6, 6.07) is 18.7. The molecule has 0 aliphatic carbocycles. The molecular weight excluding hydrogens is 435 g/mol. The third kappa shape index (κ3) is 4.26. The van der Waals surface area contributed by atoms with Crippen molar-refractivity contribution >= 4 is 40.1 Å². The van der Waals surface area contributed by atoms with Crippen molar-refractivity contribution in [1.29, 1.82) is 0 Å². The van der Waals surface area contributed by atoms with Crippen molar-refractivity contribution in [3.8, 4) is 16.9 Å². The number of hydrogen-bond donors (Lipinski definition) is 3. The lowest BCUT2D eigenvalue weighted by Gasteiger charge is -2.13. The zero-order valence-electron chi connectivity index (χ0n) is 16.5. The number of ether oxygens (including phenoxy) is 1. The largest absolute Gasteiger partial charge is 0.492 e. The van der Waals surface area contributed by atoms with E-state index in [9.17, 15) is 9.90 Å². The molecule has 5 nitrogen and oxygen atoms in total. The number of carboxylic acid groups (broad SMARTS) is 1. The summed E-state index contributed by atoms with van der Waals surface area (Å²) >= 11 is 12.2. The molecule has 4 N–H and O–H groups in total. The van der Waals surface area contributed by atoms with Crippen LogP contribution >= 0.6 is 23.2 Å². The van der Waals surface area contributed by atoms with Gasteiger partial charge in [0.25, 0.3) is 0 Å². The summed E-state index contributed by atoms with van der Waals surface area (Å²) in [5.74, 6) is -0.499. The van der Waals surface area contributed by atoms with Gasteiger partial charge in [0.15, 0.2) is 0 Å². The molecule has 0 atom stereocenters. The van der Waals surface area contributed by atoms with Gasteiger partial charge in [0.1, 0.15) is 16.5 Å². The summed E-state index contributed by atoms with van der Waals surface area (Å²) < 4.78 is 5.82. The van der Waals surface area contributed by atoms with E-state index in [1.807, 2.05) is 36.4 Å². The molecule has 0 spiro atoms. The number of H-pyrrole nitrogens is 1. The molecule has 3 aromatic carbocycles.